The number of rotatable bonds is 2. The average Bonchev–Trinajstić information content (AvgIpc) is 2.85. The minimum Gasteiger partial charge on any atom is -0.339 e. The molecule has 0 radical (unpaired) electrons. The maximum Gasteiger partial charge on any atom is 0.142 e. The van der Waals surface area contributed by atoms with Crippen LogP contribution in [0.3, 0.4) is 0 Å². The standard InChI is InChI=1S/C17H16FN3S/c1-10-5-6-13-14(7-10)22-17-15(13)16(19-9-20-17)21-12-4-2-3-11(18)8-12/h2-4,8-10H,5-7H2,1H3,(H,19,20,21)/t10-/m0/s1. The molecule has 1 aliphatic carbocycles. The SMILES string of the molecule is C[C@H]1CCc2c(sc3ncnc(Nc4cccc(F)c4)c23)C1. The molecular formula is C17H16FN3S. The monoisotopic (exact) mass is 313 g/mol. The van der Waals surface area contributed by atoms with Gasteiger partial charge in [-0.05, 0) is 48.9 Å². The van der Waals surface area contributed by atoms with Crippen molar-refractivity contribution in [2.75, 3.05) is 5.32 Å². The molecule has 22 heavy (non-hydrogen) atoms. The van der Waals surface area contributed by atoms with E-state index in [1.807, 2.05) is 6.07 Å². The molecule has 1 aromatic carbocycles. The van der Waals surface area contributed by atoms with E-state index in [2.05, 4.69) is 22.2 Å². The summed E-state index contributed by atoms with van der Waals surface area (Å²) >= 11 is 1.77. The van der Waals surface area contributed by atoms with Gasteiger partial charge in [0.15, 0.2) is 0 Å². The second-order valence-electron chi connectivity index (χ2n) is 5.89. The summed E-state index contributed by atoms with van der Waals surface area (Å²) in [7, 11) is 0. The first-order valence-corrected chi connectivity index (χ1v) is 8.30. The molecule has 0 bridgehead atoms. The van der Waals surface area contributed by atoms with Crippen molar-refractivity contribution in [1.82, 2.24) is 9.97 Å². The normalized spacial score (nSPS) is 17.5. The summed E-state index contributed by atoms with van der Waals surface area (Å²) in [6.07, 6.45) is 4.97. The third-order valence-electron chi connectivity index (χ3n) is 4.18. The summed E-state index contributed by atoms with van der Waals surface area (Å²) in [6.45, 7) is 2.30. The van der Waals surface area contributed by atoms with Gasteiger partial charge in [0.25, 0.3) is 0 Å². The van der Waals surface area contributed by atoms with Crippen LogP contribution < -0.4 is 5.32 Å². The molecule has 0 saturated heterocycles. The Morgan fingerprint density at radius 1 is 1.32 bits per heavy atom. The van der Waals surface area contributed by atoms with Crippen molar-refractivity contribution in [1.29, 1.82) is 0 Å². The van der Waals surface area contributed by atoms with Crippen LogP contribution in [0.1, 0.15) is 23.8 Å². The van der Waals surface area contributed by atoms with Gasteiger partial charge in [0.2, 0.25) is 0 Å². The predicted octanol–water partition coefficient (Wildman–Crippen LogP) is 4.70. The minimum absolute atomic E-state index is 0.253. The highest BCUT2D eigenvalue weighted by molar-refractivity contribution is 7.19. The summed E-state index contributed by atoms with van der Waals surface area (Å²) in [5.74, 6) is 1.26. The number of fused-ring (bicyclic) bond motifs is 3. The van der Waals surface area contributed by atoms with Crippen LogP contribution >= 0.6 is 11.3 Å². The van der Waals surface area contributed by atoms with Crippen LogP contribution in [-0.2, 0) is 12.8 Å². The molecule has 3 aromatic rings. The molecule has 0 spiro atoms. The molecule has 5 heteroatoms. The van der Waals surface area contributed by atoms with Gasteiger partial charge in [-0.25, -0.2) is 14.4 Å². The van der Waals surface area contributed by atoms with Crippen molar-refractivity contribution in [2.24, 2.45) is 5.92 Å². The number of benzene rings is 1. The Labute approximate surface area is 132 Å². The fourth-order valence-electron chi connectivity index (χ4n) is 3.07. The van der Waals surface area contributed by atoms with E-state index in [-0.39, 0.29) is 5.82 Å². The Hall–Kier alpha value is -2.01. The van der Waals surface area contributed by atoms with Crippen molar-refractivity contribution >= 4 is 33.1 Å². The molecule has 1 atom stereocenters. The number of hydrogen-bond donors (Lipinski definition) is 1. The first-order chi connectivity index (χ1) is 10.7. The van der Waals surface area contributed by atoms with E-state index in [1.54, 1.807) is 23.7 Å². The average molecular weight is 313 g/mol. The van der Waals surface area contributed by atoms with Crippen LogP contribution in [-0.4, -0.2) is 9.97 Å². The molecule has 3 nitrogen and oxygen atoms in total. The van der Waals surface area contributed by atoms with Gasteiger partial charge in [-0.1, -0.05) is 13.0 Å². The summed E-state index contributed by atoms with van der Waals surface area (Å²) < 4.78 is 13.4. The summed E-state index contributed by atoms with van der Waals surface area (Å²) in [6, 6.07) is 6.46. The molecule has 1 aliphatic rings. The van der Waals surface area contributed by atoms with Gasteiger partial charge in [0.1, 0.15) is 22.8 Å². The van der Waals surface area contributed by atoms with Crippen LogP contribution in [0.25, 0.3) is 10.2 Å². The molecule has 0 fully saturated rings. The van der Waals surface area contributed by atoms with Crippen molar-refractivity contribution < 1.29 is 4.39 Å². The zero-order valence-corrected chi connectivity index (χ0v) is 13.1. The number of aromatic nitrogens is 2. The number of anilines is 2. The molecule has 1 N–H and O–H groups in total. The van der Waals surface area contributed by atoms with E-state index < -0.39 is 0 Å². The number of aryl methyl sites for hydroxylation is 1. The molecule has 0 saturated carbocycles. The predicted molar refractivity (Wildman–Crippen MR) is 88.3 cm³/mol. The fourth-order valence-corrected chi connectivity index (χ4v) is 4.42. The van der Waals surface area contributed by atoms with Crippen LogP contribution in [0.15, 0.2) is 30.6 Å². The van der Waals surface area contributed by atoms with Gasteiger partial charge >= 0.3 is 0 Å². The number of halogens is 1. The van der Waals surface area contributed by atoms with Gasteiger partial charge in [0.05, 0.1) is 5.39 Å². The van der Waals surface area contributed by atoms with Crippen LogP contribution in [0.2, 0.25) is 0 Å². The van der Waals surface area contributed by atoms with Crippen LogP contribution in [0.5, 0.6) is 0 Å². The lowest BCUT2D eigenvalue weighted by Gasteiger charge is -2.18. The van der Waals surface area contributed by atoms with Gasteiger partial charge in [-0.3, -0.25) is 0 Å². The van der Waals surface area contributed by atoms with Crippen molar-refractivity contribution in [3.8, 4) is 0 Å². The zero-order valence-electron chi connectivity index (χ0n) is 12.3. The summed E-state index contributed by atoms with van der Waals surface area (Å²) in [5.41, 5.74) is 2.08. The van der Waals surface area contributed by atoms with Gasteiger partial charge in [-0.15, -0.1) is 11.3 Å². The second-order valence-corrected chi connectivity index (χ2v) is 6.97. The van der Waals surface area contributed by atoms with Crippen molar-refractivity contribution in [2.45, 2.75) is 26.2 Å². The molecule has 0 amide bonds. The summed E-state index contributed by atoms with van der Waals surface area (Å²) in [4.78, 5) is 11.3. The van der Waals surface area contributed by atoms with E-state index in [4.69, 9.17) is 0 Å². The maximum atomic E-state index is 13.4. The molecule has 112 valence electrons. The van der Waals surface area contributed by atoms with Gasteiger partial charge in [-0.2, -0.15) is 0 Å². The second kappa shape index (κ2) is 5.32. The van der Waals surface area contributed by atoms with Crippen molar-refractivity contribution in [3.63, 3.8) is 0 Å². The van der Waals surface area contributed by atoms with Crippen molar-refractivity contribution in [3.05, 3.63) is 46.9 Å². The Morgan fingerprint density at radius 3 is 3.09 bits per heavy atom. The van der Waals surface area contributed by atoms with E-state index in [0.29, 0.717) is 5.69 Å². The highest BCUT2D eigenvalue weighted by atomic mass is 32.1. The Kier molecular flexibility index (Phi) is 3.30. The van der Waals surface area contributed by atoms with E-state index in [1.165, 1.54) is 29.0 Å². The van der Waals surface area contributed by atoms with Crippen LogP contribution in [0.4, 0.5) is 15.9 Å². The van der Waals surface area contributed by atoms with E-state index >= 15 is 0 Å². The topological polar surface area (TPSA) is 37.8 Å². The lowest BCUT2D eigenvalue weighted by Crippen LogP contribution is -2.09. The number of thiophene rings is 1. The highest BCUT2D eigenvalue weighted by Gasteiger charge is 2.23. The molecule has 4 rings (SSSR count). The smallest absolute Gasteiger partial charge is 0.142 e. The van der Waals surface area contributed by atoms with E-state index in [9.17, 15) is 4.39 Å². The first-order valence-electron chi connectivity index (χ1n) is 7.48. The number of hydrogen-bond acceptors (Lipinski definition) is 4. The summed E-state index contributed by atoms with van der Waals surface area (Å²) in [5, 5.41) is 4.36. The number of nitrogens with one attached hydrogen (secondary N) is 1. The first kappa shape index (κ1) is 13.6. The van der Waals surface area contributed by atoms with Gasteiger partial charge < -0.3 is 5.32 Å². The Morgan fingerprint density at radius 2 is 2.23 bits per heavy atom. The molecule has 2 heterocycles. The number of nitrogens with zero attached hydrogens (tertiary/aromatic N) is 2. The van der Waals surface area contributed by atoms with Crippen LogP contribution in [0, 0.1) is 11.7 Å². The van der Waals surface area contributed by atoms with Gasteiger partial charge in [0, 0.05) is 10.6 Å². The fraction of sp³-hybridized carbons (Fsp3) is 0.294. The molecule has 2 aromatic heterocycles. The largest absolute Gasteiger partial charge is 0.339 e. The minimum atomic E-state index is -0.253. The van der Waals surface area contributed by atoms with E-state index in [0.717, 1.165) is 34.8 Å². The highest BCUT2D eigenvalue weighted by Crippen LogP contribution is 2.40. The Bertz CT molecular complexity index is 843. The molecular weight excluding hydrogens is 297 g/mol. The quantitative estimate of drug-likeness (QED) is 0.745. The molecule has 0 aliphatic heterocycles. The lowest BCUT2D eigenvalue weighted by atomic mass is 9.89. The third kappa shape index (κ3) is 2.35. The zero-order chi connectivity index (χ0) is 15.1. The Balaban J connectivity index is 1.81. The molecule has 0 unspecified atom stereocenters. The lowest BCUT2D eigenvalue weighted by molar-refractivity contribution is 0.509. The third-order valence-corrected chi connectivity index (χ3v) is 5.34. The maximum absolute atomic E-state index is 13.4.